The van der Waals surface area contributed by atoms with Gasteiger partial charge in [0.1, 0.15) is 53.2 Å². The van der Waals surface area contributed by atoms with E-state index in [-0.39, 0.29) is 49.8 Å². The van der Waals surface area contributed by atoms with Crippen molar-refractivity contribution in [1.82, 2.24) is 52.6 Å². The molecule has 9 atom stereocenters. The Hall–Kier alpha value is -6.85. The van der Waals surface area contributed by atoms with Crippen molar-refractivity contribution in [1.29, 1.82) is 5.41 Å². The van der Waals surface area contributed by atoms with Crippen LogP contribution in [0.5, 0.6) is 5.75 Å². The molecule has 1 aromatic rings. The van der Waals surface area contributed by atoms with Crippen LogP contribution in [0.3, 0.4) is 0 Å². The molecule has 0 spiro atoms. The third-order valence-corrected chi connectivity index (χ3v) is 17.0. The molecule has 0 saturated heterocycles. The maximum atomic E-state index is 14.8. The number of alkyl carbamates (subject to hydrolysis) is 1. The van der Waals surface area contributed by atoms with Gasteiger partial charge in [0.2, 0.25) is 47.3 Å². The molecule has 1 aromatic carbocycles. The van der Waals surface area contributed by atoms with Crippen molar-refractivity contribution in [3.05, 3.63) is 22.3 Å². The fourth-order valence-electron chi connectivity index (χ4n) is 9.81. The molecule has 2 rings (SSSR count). The van der Waals surface area contributed by atoms with Crippen molar-refractivity contribution in [3.63, 3.8) is 0 Å². The smallest absolute Gasteiger partial charge is 0.408 e. The molecular formula is C65H113N11O17S. The van der Waals surface area contributed by atoms with Crippen LogP contribution in [0.4, 0.5) is 4.79 Å². The Kier molecular flexibility index (Phi) is 31.7. The third-order valence-electron chi connectivity index (χ3n) is 15.4. The van der Waals surface area contributed by atoms with Crippen molar-refractivity contribution in [2.45, 2.75) is 267 Å². The summed E-state index contributed by atoms with van der Waals surface area (Å²) in [5, 5.41) is 43.4. The summed E-state index contributed by atoms with van der Waals surface area (Å²) in [4.78, 5) is 125. The van der Waals surface area contributed by atoms with E-state index < -0.39 is 164 Å². The minimum Gasteiger partial charge on any atom is -0.487 e. The van der Waals surface area contributed by atoms with Gasteiger partial charge in [-0.1, -0.05) is 61.8 Å². The molecule has 94 heavy (non-hydrogen) atoms. The lowest BCUT2D eigenvalue weighted by atomic mass is 9.88. The standard InChI is InChI=1S/C65H113N11O17S/c1-24-37(8)48(57(83)73-47(35(4)5)56(82)68-31-46(77)69-44(32-90-62(12,13)14)55(81)72-45(59(85)89-23)33-91-63(15,16)17)74-53(79)42(70-54(80)43(30-34(2)3)71-58(84)49(50(78)36(6)7)75-61(86)93-64(18,19)20)26-25-29-67-60(66)76-94(87,88)52-39(10)38(9)51-41(40(52)11)27-28-65(21,22)92-51/h34-37,42-45,47-50,78H,24-33H2,1-23H3,(H,68,82)(H,69,77)(H,70,80)(H,71,84)(H,72,81)(H,73,83)(H,74,79)(H,75,86)(H3,66,67,76)/t37-,42+,43-,44-,45-,47-,48-,49-,50+/m0/s1. The molecule has 1 heterocycles. The first-order chi connectivity index (χ1) is 43.0. The van der Waals surface area contributed by atoms with Crippen LogP contribution in [-0.2, 0) is 73.7 Å². The number of guanidine groups is 1. The van der Waals surface area contributed by atoms with Gasteiger partial charge in [-0.25, -0.2) is 22.7 Å². The van der Waals surface area contributed by atoms with Gasteiger partial charge in [0.05, 0.1) is 49.1 Å². The second kappa shape index (κ2) is 35.8. The fraction of sp³-hybridized carbons (Fsp3) is 0.754. The van der Waals surface area contributed by atoms with Gasteiger partial charge in [-0.15, -0.1) is 0 Å². The van der Waals surface area contributed by atoms with E-state index in [1.54, 1.807) is 138 Å². The van der Waals surface area contributed by atoms with Crippen LogP contribution in [0.1, 0.15) is 186 Å². The van der Waals surface area contributed by atoms with Crippen LogP contribution in [0, 0.1) is 49.9 Å². The van der Waals surface area contributed by atoms with E-state index in [0.29, 0.717) is 41.7 Å². The topological polar surface area (TPSA) is 398 Å². The number of ether oxygens (including phenoxy) is 5. The number of carbonyl (C=O) groups excluding carboxylic acids is 9. The summed E-state index contributed by atoms with van der Waals surface area (Å²) in [5.74, 6) is -8.73. The average Bonchev–Trinajstić information content (AvgIpc) is 0.747. The molecule has 0 aromatic heterocycles. The molecule has 0 fully saturated rings. The lowest BCUT2D eigenvalue weighted by Gasteiger charge is -2.35. The number of sulfonamides is 1. The predicted molar refractivity (Wildman–Crippen MR) is 355 cm³/mol. The minimum atomic E-state index is -4.34. The van der Waals surface area contributed by atoms with Crippen LogP contribution < -0.4 is 57.3 Å². The fourth-order valence-corrected chi connectivity index (χ4v) is 11.3. The van der Waals surface area contributed by atoms with Crippen LogP contribution in [-0.4, -0.2) is 177 Å². The number of rotatable bonds is 33. The highest BCUT2D eigenvalue weighted by atomic mass is 32.2. The minimum absolute atomic E-state index is 0.000303. The summed E-state index contributed by atoms with van der Waals surface area (Å²) in [6, 6.07) is -9.75. The first-order valence-electron chi connectivity index (χ1n) is 32.3. The second-order valence-corrected chi connectivity index (χ2v) is 30.5. The number of hydrogen-bond donors (Lipinski definition) is 12. The van der Waals surface area contributed by atoms with Gasteiger partial charge in [-0.05, 0) is 175 Å². The Bertz CT molecular complexity index is 2930. The Morgan fingerprint density at radius 1 is 0.628 bits per heavy atom. The van der Waals surface area contributed by atoms with Crippen LogP contribution in [0.15, 0.2) is 4.90 Å². The monoisotopic (exact) mass is 1350 g/mol. The molecule has 8 amide bonds. The van der Waals surface area contributed by atoms with E-state index in [9.17, 15) is 56.7 Å². The summed E-state index contributed by atoms with van der Waals surface area (Å²) in [5.41, 5.74) is -0.499. The second-order valence-electron chi connectivity index (χ2n) is 28.9. The largest absolute Gasteiger partial charge is 0.487 e. The predicted octanol–water partition coefficient (Wildman–Crippen LogP) is 3.78. The Labute approximate surface area is 557 Å². The summed E-state index contributed by atoms with van der Waals surface area (Å²) >= 11 is 0. The number of hydrogen-bond acceptors (Lipinski definition) is 18. The van der Waals surface area contributed by atoms with Crippen LogP contribution >= 0.6 is 0 Å². The number of esters is 1. The van der Waals surface area contributed by atoms with Gasteiger partial charge in [-0.2, -0.15) is 0 Å². The number of aliphatic hydroxyl groups is 1. The van der Waals surface area contributed by atoms with Gasteiger partial charge in [0, 0.05) is 6.54 Å². The van der Waals surface area contributed by atoms with Crippen molar-refractivity contribution in [2.75, 3.05) is 33.4 Å². The quantitative estimate of drug-likeness (QED) is 0.0206. The van der Waals surface area contributed by atoms with E-state index in [4.69, 9.17) is 29.1 Å². The lowest BCUT2D eigenvalue weighted by Crippen LogP contribution is -2.62. The zero-order valence-electron chi connectivity index (χ0n) is 59.9. The summed E-state index contributed by atoms with van der Waals surface area (Å²) in [7, 11) is -3.20. The highest BCUT2D eigenvalue weighted by Gasteiger charge is 2.39. The molecule has 536 valence electrons. The molecule has 1 aliphatic rings. The molecular weight excluding hydrogens is 1240 g/mol. The normalized spacial score (nSPS) is 16.2. The number of aliphatic hydroxyl groups excluding tert-OH is 1. The Morgan fingerprint density at radius 3 is 1.67 bits per heavy atom. The zero-order chi connectivity index (χ0) is 72.3. The Morgan fingerprint density at radius 2 is 1.15 bits per heavy atom. The van der Waals surface area contributed by atoms with Crippen LogP contribution in [0.25, 0.3) is 0 Å². The van der Waals surface area contributed by atoms with Crippen molar-refractivity contribution < 1.29 is 80.4 Å². The van der Waals surface area contributed by atoms with Crippen molar-refractivity contribution >= 4 is 69.4 Å². The molecule has 29 heteroatoms. The Balaban J connectivity index is 2.53. The summed E-state index contributed by atoms with van der Waals surface area (Å²) in [6.45, 7) is 36.5. The van der Waals surface area contributed by atoms with Gasteiger partial charge in [-0.3, -0.25) is 39.0 Å². The molecule has 0 aliphatic carbocycles. The molecule has 1 aliphatic heterocycles. The summed E-state index contributed by atoms with van der Waals surface area (Å²) < 4.78 is 58.5. The SMILES string of the molecule is CC[C@H](C)[C@H](NC(=O)[C@@H](CCCNC(=N)NS(=O)(=O)c1c(C)c(C)c2c(c1C)CCC(C)(C)O2)NC(=O)[C@H](CC(C)C)NC(=O)[C@@H](NC(=O)OC(C)(C)C)[C@H](O)C(C)C)C(=O)N[C@H](C(=O)NCC(=O)N[C@@H](COC(C)(C)C)C(=O)N[C@@H](COC(C)(C)C)C(=O)OC)C(C)C. The van der Waals surface area contributed by atoms with E-state index in [2.05, 4.69) is 52.6 Å². The maximum absolute atomic E-state index is 14.8. The van der Waals surface area contributed by atoms with Gasteiger partial charge in [0.15, 0.2) is 6.04 Å². The van der Waals surface area contributed by atoms with Crippen molar-refractivity contribution in [2.24, 2.45) is 23.7 Å². The van der Waals surface area contributed by atoms with Crippen LogP contribution in [0.2, 0.25) is 0 Å². The zero-order valence-corrected chi connectivity index (χ0v) is 60.7. The number of amides is 8. The molecule has 0 bridgehead atoms. The molecule has 12 N–H and O–H groups in total. The number of fused-ring (bicyclic) bond motifs is 1. The van der Waals surface area contributed by atoms with Gasteiger partial charge < -0.3 is 76.6 Å². The number of nitrogens with one attached hydrogen (secondary N) is 11. The van der Waals surface area contributed by atoms with E-state index in [0.717, 1.165) is 12.7 Å². The third kappa shape index (κ3) is 27.5. The van der Waals surface area contributed by atoms with E-state index >= 15 is 0 Å². The number of benzene rings is 1. The molecule has 0 unspecified atom stereocenters. The number of carbonyl (C=O) groups is 9. The highest BCUT2D eigenvalue weighted by molar-refractivity contribution is 7.90. The first kappa shape index (κ1) is 83.2. The van der Waals surface area contributed by atoms with Gasteiger partial charge in [0.25, 0.3) is 10.0 Å². The summed E-state index contributed by atoms with van der Waals surface area (Å²) in [6.07, 6.45) is -1.10. The average molecular weight is 1350 g/mol. The van der Waals surface area contributed by atoms with Crippen molar-refractivity contribution in [3.8, 4) is 5.75 Å². The molecule has 0 saturated carbocycles. The highest BCUT2D eigenvalue weighted by Crippen LogP contribution is 2.42. The van der Waals surface area contributed by atoms with Gasteiger partial charge >= 0.3 is 12.1 Å². The lowest BCUT2D eigenvalue weighted by molar-refractivity contribution is -0.149. The molecule has 28 nitrogen and oxygen atoms in total. The van der Waals surface area contributed by atoms with E-state index in [1.807, 2.05) is 13.8 Å². The number of methoxy groups -OCH3 is 1. The first-order valence-corrected chi connectivity index (χ1v) is 33.8. The van der Waals surface area contributed by atoms with E-state index in [1.165, 1.54) is 0 Å². The maximum Gasteiger partial charge on any atom is 0.408 e. The molecule has 0 radical (unpaired) electrons.